The molecule has 0 heterocycles. The quantitative estimate of drug-likeness (QED) is 0.582. The van der Waals surface area contributed by atoms with Crippen LogP contribution >= 0.6 is 11.6 Å². The number of nitrogen functional groups attached to an aromatic ring is 1. The average Bonchev–Trinajstić information content (AvgIpc) is 2.33. The highest BCUT2D eigenvalue weighted by molar-refractivity contribution is 6.30. The number of hydrogen-bond donors (Lipinski definition) is 2. The summed E-state index contributed by atoms with van der Waals surface area (Å²) in [5, 5.41) is 3.24. The molecule has 0 aliphatic rings. The van der Waals surface area contributed by atoms with E-state index in [2.05, 4.69) is 5.32 Å². The summed E-state index contributed by atoms with van der Waals surface area (Å²) in [4.78, 5) is 11.4. The van der Waals surface area contributed by atoms with Gasteiger partial charge in [0.1, 0.15) is 5.75 Å². The van der Waals surface area contributed by atoms with Gasteiger partial charge in [-0.25, -0.2) is 0 Å². The van der Waals surface area contributed by atoms with E-state index in [4.69, 9.17) is 26.8 Å². The van der Waals surface area contributed by atoms with E-state index in [0.29, 0.717) is 29.6 Å². The maximum atomic E-state index is 11.4. The Morgan fingerprint density at radius 2 is 2.28 bits per heavy atom. The second-order valence-electron chi connectivity index (χ2n) is 3.67. The Labute approximate surface area is 111 Å². The number of carbonyl (C=O) groups is 1. The fourth-order valence-corrected chi connectivity index (χ4v) is 1.47. The summed E-state index contributed by atoms with van der Waals surface area (Å²) >= 11 is 5.75. The maximum Gasteiger partial charge on any atom is 0.257 e. The molecule has 0 fully saturated rings. The molecule has 0 unspecified atom stereocenters. The van der Waals surface area contributed by atoms with Crippen LogP contribution in [0.1, 0.15) is 6.42 Å². The summed E-state index contributed by atoms with van der Waals surface area (Å²) < 4.78 is 10.2. The van der Waals surface area contributed by atoms with Gasteiger partial charge in [0.25, 0.3) is 5.91 Å². The van der Waals surface area contributed by atoms with Crippen molar-refractivity contribution >= 4 is 23.2 Å². The van der Waals surface area contributed by atoms with Gasteiger partial charge < -0.3 is 20.5 Å². The molecule has 0 saturated carbocycles. The third kappa shape index (κ3) is 5.25. The second kappa shape index (κ2) is 7.79. The molecule has 0 saturated heterocycles. The lowest BCUT2D eigenvalue weighted by Gasteiger charge is -2.09. The molecule has 0 aliphatic carbocycles. The highest BCUT2D eigenvalue weighted by Gasteiger charge is 2.05. The third-order valence-corrected chi connectivity index (χ3v) is 2.41. The lowest BCUT2D eigenvalue weighted by molar-refractivity contribution is -0.123. The highest BCUT2D eigenvalue weighted by atomic mass is 35.5. The van der Waals surface area contributed by atoms with E-state index in [-0.39, 0.29) is 12.5 Å². The first-order chi connectivity index (χ1) is 8.63. The number of hydrogen-bond acceptors (Lipinski definition) is 4. The number of halogens is 1. The van der Waals surface area contributed by atoms with Gasteiger partial charge >= 0.3 is 0 Å². The molecule has 0 aliphatic heterocycles. The Balaban J connectivity index is 2.29. The molecule has 1 aromatic carbocycles. The van der Waals surface area contributed by atoms with E-state index < -0.39 is 0 Å². The first-order valence-electron chi connectivity index (χ1n) is 5.57. The van der Waals surface area contributed by atoms with Crippen molar-refractivity contribution in [1.29, 1.82) is 0 Å². The van der Waals surface area contributed by atoms with Crippen molar-refractivity contribution in [3.05, 3.63) is 23.2 Å². The number of ether oxygens (including phenoxy) is 2. The summed E-state index contributed by atoms with van der Waals surface area (Å²) in [5.41, 5.74) is 6.10. The number of anilines is 1. The first kappa shape index (κ1) is 14.6. The molecule has 0 bridgehead atoms. The zero-order chi connectivity index (χ0) is 13.4. The normalized spacial score (nSPS) is 10.1. The zero-order valence-electron chi connectivity index (χ0n) is 10.2. The minimum absolute atomic E-state index is 0.0706. The Kier molecular flexibility index (Phi) is 6.32. The van der Waals surface area contributed by atoms with Crippen molar-refractivity contribution in [2.24, 2.45) is 0 Å². The minimum Gasteiger partial charge on any atom is -0.482 e. The number of amides is 1. The molecule has 18 heavy (non-hydrogen) atoms. The number of methoxy groups -OCH3 is 1. The topological polar surface area (TPSA) is 73.6 Å². The predicted octanol–water partition coefficient (Wildman–Crippen LogP) is 1.45. The highest BCUT2D eigenvalue weighted by Crippen LogP contribution is 2.24. The van der Waals surface area contributed by atoms with E-state index >= 15 is 0 Å². The molecule has 1 aromatic rings. The van der Waals surface area contributed by atoms with E-state index in [1.807, 2.05) is 0 Å². The summed E-state index contributed by atoms with van der Waals surface area (Å²) in [7, 11) is 1.62. The number of nitrogens with one attached hydrogen (secondary N) is 1. The van der Waals surface area contributed by atoms with Crippen molar-refractivity contribution in [2.75, 3.05) is 32.6 Å². The molecule has 100 valence electrons. The second-order valence-corrected chi connectivity index (χ2v) is 4.10. The molecular weight excluding hydrogens is 256 g/mol. The maximum absolute atomic E-state index is 11.4. The van der Waals surface area contributed by atoms with Crippen LogP contribution in [0.3, 0.4) is 0 Å². The monoisotopic (exact) mass is 272 g/mol. The lowest BCUT2D eigenvalue weighted by atomic mass is 10.3. The molecule has 6 heteroatoms. The molecule has 0 atom stereocenters. The van der Waals surface area contributed by atoms with Crippen LogP contribution in [0.25, 0.3) is 0 Å². The molecular formula is C12H17ClN2O3. The van der Waals surface area contributed by atoms with Gasteiger partial charge in [0, 0.05) is 25.3 Å². The van der Waals surface area contributed by atoms with Crippen LogP contribution in [0.15, 0.2) is 18.2 Å². The molecule has 0 spiro atoms. The Bertz CT molecular complexity index is 399. The standard InChI is InChI=1S/C12H17ClN2O3/c1-17-6-2-5-15-12(16)8-18-11-4-3-9(13)7-10(11)14/h3-4,7H,2,5-6,8,14H2,1H3,(H,15,16). The van der Waals surface area contributed by atoms with Gasteiger partial charge in [-0.1, -0.05) is 11.6 Å². The summed E-state index contributed by atoms with van der Waals surface area (Å²) in [6.07, 6.45) is 0.769. The van der Waals surface area contributed by atoms with Crippen LogP contribution in [0.2, 0.25) is 5.02 Å². The van der Waals surface area contributed by atoms with E-state index in [0.717, 1.165) is 6.42 Å². The van der Waals surface area contributed by atoms with Gasteiger partial charge in [-0.3, -0.25) is 4.79 Å². The van der Waals surface area contributed by atoms with E-state index in [1.165, 1.54) is 0 Å². The van der Waals surface area contributed by atoms with Crippen molar-refractivity contribution in [3.8, 4) is 5.75 Å². The Hall–Kier alpha value is -1.46. The van der Waals surface area contributed by atoms with Gasteiger partial charge in [-0.15, -0.1) is 0 Å². The predicted molar refractivity (Wildman–Crippen MR) is 70.9 cm³/mol. The number of nitrogens with two attached hydrogens (primary N) is 1. The van der Waals surface area contributed by atoms with Gasteiger partial charge in [0.2, 0.25) is 0 Å². The van der Waals surface area contributed by atoms with Crippen molar-refractivity contribution in [1.82, 2.24) is 5.32 Å². The van der Waals surface area contributed by atoms with Crippen LogP contribution in [-0.4, -0.2) is 32.8 Å². The van der Waals surface area contributed by atoms with E-state index in [9.17, 15) is 4.79 Å². The van der Waals surface area contributed by atoms with Crippen molar-refractivity contribution in [3.63, 3.8) is 0 Å². The van der Waals surface area contributed by atoms with Gasteiger partial charge in [0.15, 0.2) is 6.61 Å². The van der Waals surface area contributed by atoms with Crippen LogP contribution in [-0.2, 0) is 9.53 Å². The SMILES string of the molecule is COCCCNC(=O)COc1ccc(Cl)cc1N. The fraction of sp³-hybridized carbons (Fsp3) is 0.417. The number of carbonyl (C=O) groups excluding carboxylic acids is 1. The molecule has 0 radical (unpaired) electrons. The van der Waals surface area contributed by atoms with Gasteiger partial charge in [0.05, 0.1) is 5.69 Å². The average molecular weight is 273 g/mol. The zero-order valence-corrected chi connectivity index (χ0v) is 11.0. The van der Waals surface area contributed by atoms with E-state index in [1.54, 1.807) is 25.3 Å². The van der Waals surface area contributed by atoms with Crippen LogP contribution in [0.4, 0.5) is 5.69 Å². The summed E-state index contributed by atoms with van der Waals surface area (Å²) in [6, 6.07) is 4.87. The van der Waals surface area contributed by atoms with Gasteiger partial charge in [-0.05, 0) is 24.6 Å². The summed E-state index contributed by atoms with van der Waals surface area (Å²) in [5.74, 6) is 0.256. The number of benzene rings is 1. The largest absolute Gasteiger partial charge is 0.482 e. The number of rotatable bonds is 7. The van der Waals surface area contributed by atoms with Gasteiger partial charge in [-0.2, -0.15) is 0 Å². The lowest BCUT2D eigenvalue weighted by Crippen LogP contribution is -2.30. The molecule has 3 N–H and O–H groups in total. The van der Waals surface area contributed by atoms with Crippen LogP contribution in [0.5, 0.6) is 5.75 Å². The Morgan fingerprint density at radius 1 is 1.50 bits per heavy atom. The van der Waals surface area contributed by atoms with Crippen molar-refractivity contribution < 1.29 is 14.3 Å². The minimum atomic E-state index is -0.194. The van der Waals surface area contributed by atoms with Crippen molar-refractivity contribution in [2.45, 2.75) is 6.42 Å². The van der Waals surface area contributed by atoms with Crippen LogP contribution < -0.4 is 15.8 Å². The molecule has 0 aromatic heterocycles. The van der Waals surface area contributed by atoms with Crippen LogP contribution in [0, 0.1) is 0 Å². The smallest absolute Gasteiger partial charge is 0.257 e. The molecule has 5 nitrogen and oxygen atoms in total. The Morgan fingerprint density at radius 3 is 2.94 bits per heavy atom. The summed E-state index contributed by atoms with van der Waals surface area (Å²) in [6.45, 7) is 1.11. The molecule has 1 rings (SSSR count). The first-order valence-corrected chi connectivity index (χ1v) is 5.94. The third-order valence-electron chi connectivity index (χ3n) is 2.18. The fourth-order valence-electron chi connectivity index (χ4n) is 1.29. The molecule has 1 amide bonds.